The molecule has 4 nitrogen and oxygen atoms in total. The van der Waals surface area contributed by atoms with Crippen LogP contribution in [0.2, 0.25) is 0 Å². The van der Waals surface area contributed by atoms with E-state index in [0.29, 0.717) is 0 Å². The number of halogens is 1. The fourth-order valence-corrected chi connectivity index (χ4v) is 2.01. The molecule has 0 bridgehead atoms. The van der Waals surface area contributed by atoms with Gasteiger partial charge in [0.1, 0.15) is 5.76 Å². The molecular formula is C11H12BrN3O. The fraction of sp³-hybridized carbons (Fsp3) is 0.182. The van der Waals surface area contributed by atoms with Gasteiger partial charge in [-0.2, -0.15) is 0 Å². The second-order valence-corrected chi connectivity index (χ2v) is 4.27. The Hall–Kier alpha value is -1.17. The third-order valence-electron chi connectivity index (χ3n) is 2.33. The first-order valence-corrected chi connectivity index (χ1v) is 5.68. The van der Waals surface area contributed by atoms with Gasteiger partial charge in [0.15, 0.2) is 0 Å². The summed E-state index contributed by atoms with van der Waals surface area (Å²) in [6.07, 6.45) is 5.93. The van der Waals surface area contributed by atoms with Gasteiger partial charge in [0.25, 0.3) is 0 Å². The lowest BCUT2D eigenvalue weighted by Crippen LogP contribution is -2.29. The highest BCUT2D eigenvalue weighted by molar-refractivity contribution is 9.10. The van der Waals surface area contributed by atoms with Crippen molar-refractivity contribution in [2.75, 3.05) is 0 Å². The number of aromatic nitrogens is 1. The number of nitrogens with zero attached hydrogens (tertiary/aromatic N) is 1. The fourth-order valence-electron chi connectivity index (χ4n) is 1.54. The lowest BCUT2D eigenvalue weighted by atomic mass is 10.1. The molecule has 3 N–H and O–H groups in total. The minimum absolute atomic E-state index is 0.0615. The summed E-state index contributed by atoms with van der Waals surface area (Å²) in [4.78, 5) is 4.06. The zero-order chi connectivity index (χ0) is 11.4. The topological polar surface area (TPSA) is 64.1 Å². The van der Waals surface area contributed by atoms with E-state index in [2.05, 4.69) is 26.3 Å². The third kappa shape index (κ3) is 2.49. The second-order valence-electron chi connectivity index (χ2n) is 3.42. The van der Waals surface area contributed by atoms with Crippen LogP contribution >= 0.6 is 15.9 Å². The van der Waals surface area contributed by atoms with Crippen molar-refractivity contribution in [2.24, 2.45) is 5.84 Å². The molecule has 1 unspecified atom stereocenters. The average Bonchev–Trinajstić information content (AvgIpc) is 2.74. The van der Waals surface area contributed by atoms with Crippen LogP contribution in [0.25, 0.3) is 0 Å². The number of hydrogen-bond donors (Lipinski definition) is 2. The molecule has 1 atom stereocenters. The number of pyridine rings is 1. The van der Waals surface area contributed by atoms with Gasteiger partial charge in [-0.15, -0.1) is 0 Å². The Balaban J connectivity index is 2.16. The predicted octanol–water partition coefficient (Wildman–Crippen LogP) is 2.18. The monoisotopic (exact) mass is 281 g/mol. The maximum atomic E-state index is 5.53. The van der Waals surface area contributed by atoms with Gasteiger partial charge in [0, 0.05) is 12.4 Å². The zero-order valence-corrected chi connectivity index (χ0v) is 10.1. The summed E-state index contributed by atoms with van der Waals surface area (Å²) in [5, 5.41) is 0. The first-order chi connectivity index (χ1) is 7.81. The summed E-state index contributed by atoms with van der Waals surface area (Å²) in [7, 11) is 0. The standard InChI is InChI=1S/C11H12BrN3O/c12-9-3-5-16-11(9)10(15-13)6-8-2-1-4-14-7-8/h1-5,7,10,15H,6,13H2. The lowest BCUT2D eigenvalue weighted by Gasteiger charge is -2.13. The number of nitrogens with one attached hydrogen (secondary N) is 1. The first kappa shape index (κ1) is 11.3. The summed E-state index contributed by atoms with van der Waals surface area (Å²) in [6.45, 7) is 0. The van der Waals surface area contributed by atoms with Crippen LogP contribution < -0.4 is 11.3 Å². The van der Waals surface area contributed by atoms with E-state index in [9.17, 15) is 0 Å². The van der Waals surface area contributed by atoms with E-state index in [-0.39, 0.29) is 6.04 Å². The quantitative estimate of drug-likeness (QED) is 0.666. The maximum Gasteiger partial charge on any atom is 0.136 e. The van der Waals surface area contributed by atoms with E-state index in [4.69, 9.17) is 10.3 Å². The van der Waals surface area contributed by atoms with E-state index in [1.54, 1.807) is 12.5 Å². The SMILES string of the molecule is NNC(Cc1cccnc1)c1occc1Br. The smallest absolute Gasteiger partial charge is 0.136 e. The number of hydrazine groups is 1. The summed E-state index contributed by atoms with van der Waals surface area (Å²) >= 11 is 3.42. The van der Waals surface area contributed by atoms with E-state index < -0.39 is 0 Å². The molecule has 0 amide bonds. The molecule has 0 saturated heterocycles. The lowest BCUT2D eigenvalue weighted by molar-refractivity contribution is 0.413. The number of hydrogen-bond acceptors (Lipinski definition) is 4. The van der Waals surface area contributed by atoms with E-state index in [1.165, 1.54) is 0 Å². The van der Waals surface area contributed by atoms with Crippen molar-refractivity contribution in [2.45, 2.75) is 12.5 Å². The summed E-state index contributed by atoms with van der Waals surface area (Å²) < 4.78 is 6.30. The van der Waals surface area contributed by atoms with Gasteiger partial charge in [-0.25, -0.2) is 5.43 Å². The summed E-state index contributed by atoms with van der Waals surface area (Å²) in [5.74, 6) is 6.33. The van der Waals surface area contributed by atoms with Gasteiger partial charge >= 0.3 is 0 Å². The van der Waals surface area contributed by atoms with Gasteiger partial charge in [-0.1, -0.05) is 6.07 Å². The molecule has 2 rings (SSSR count). The van der Waals surface area contributed by atoms with Gasteiger partial charge in [0.05, 0.1) is 16.8 Å². The Bertz CT molecular complexity index is 444. The van der Waals surface area contributed by atoms with Crippen LogP contribution in [0.5, 0.6) is 0 Å². The Morgan fingerprint density at radius 1 is 1.50 bits per heavy atom. The molecule has 0 spiro atoms. The Morgan fingerprint density at radius 2 is 2.38 bits per heavy atom. The zero-order valence-electron chi connectivity index (χ0n) is 8.56. The Kier molecular flexibility index (Phi) is 3.71. The largest absolute Gasteiger partial charge is 0.466 e. The molecule has 0 fully saturated rings. The van der Waals surface area contributed by atoms with Crippen molar-refractivity contribution in [1.82, 2.24) is 10.4 Å². The summed E-state index contributed by atoms with van der Waals surface area (Å²) in [6, 6.07) is 5.70. The molecule has 0 aromatic carbocycles. The van der Waals surface area contributed by atoms with Crippen LogP contribution in [-0.2, 0) is 6.42 Å². The van der Waals surface area contributed by atoms with E-state index >= 15 is 0 Å². The van der Waals surface area contributed by atoms with E-state index in [0.717, 1.165) is 22.2 Å². The van der Waals surface area contributed by atoms with E-state index in [1.807, 2.05) is 24.4 Å². The van der Waals surface area contributed by atoms with Crippen LogP contribution in [0, 0.1) is 0 Å². The van der Waals surface area contributed by atoms with Crippen molar-refractivity contribution in [3.63, 3.8) is 0 Å². The summed E-state index contributed by atoms with van der Waals surface area (Å²) in [5.41, 5.74) is 3.85. The van der Waals surface area contributed by atoms with Crippen molar-refractivity contribution >= 4 is 15.9 Å². The number of nitrogens with two attached hydrogens (primary N) is 1. The molecule has 2 heterocycles. The molecule has 2 aromatic rings. The number of furan rings is 1. The van der Waals surface area contributed by atoms with Crippen LogP contribution in [0.3, 0.4) is 0 Å². The normalized spacial score (nSPS) is 12.6. The molecule has 16 heavy (non-hydrogen) atoms. The van der Waals surface area contributed by atoms with Crippen LogP contribution in [0.15, 0.2) is 45.7 Å². The van der Waals surface area contributed by atoms with Gasteiger partial charge in [0.2, 0.25) is 0 Å². The molecular weight excluding hydrogens is 270 g/mol. The molecule has 0 aliphatic carbocycles. The first-order valence-electron chi connectivity index (χ1n) is 4.89. The third-order valence-corrected chi connectivity index (χ3v) is 2.98. The molecule has 5 heteroatoms. The molecule has 0 radical (unpaired) electrons. The minimum atomic E-state index is -0.0615. The van der Waals surface area contributed by atoms with Gasteiger partial charge < -0.3 is 4.42 Å². The molecule has 0 aliphatic heterocycles. The van der Waals surface area contributed by atoms with Crippen LogP contribution in [0.1, 0.15) is 17.4 Å². The van der Waals surface area contributed by atoms with Crippen molar-refractivity contribution in [1.29, 1.82) is 0 Å². The van der Waals surface area contributed by atoms with Crippen molar-refractivity contribution in [3.05, 3.63) is 52.7 Å². The highest BCUT2D eigenvalue weighted by Crippen LogP contribution is 2.26. The Morgan fingerprint density at radius 3 is 2.94 bits per heavy atom. The molecule has 0 aliphatic rings. The number of rotatable bonds is 4. The predicted molar refractivity (Wildman–Crippen MR) is 64.4 cm³/mol. The molecule has 0 saturated carbocycles. The van der Waals surface area contributed by atoms with Crippen LogP contribution in [-0.4, -0.2) is 4.98 Å². The van der Waals surface area contributed by atoms with Gasteiger partial charge in [-0.05, 0) is 40.0 Å². The second kappa shape index (κ2) is 5.25. The highest BCUT2D eigenvalue weighted by atomic mass is 79.9. The van der Waals surface area contributed by atoms with Crippen LogP contribution in [0.4, 0.5) is 0 Å². The minimum Gasteiger partial charge on any atom is -0.466 e. The highest BCUT2D eigenvalue weighted by Gasteiger charge is 2.16. The Labute approximate surface area is 102 Å². The maximum absolute atomic E-state index is 5.53. The molecule has 84 valence electrons. The van der Waals surface area contributed by atoms with Gasteiger partial charge in [-0.3, -0.25) is 10.8 Å². The average molecular weight is 282 g/mol. The molecule has 2 aromatic heterocycles. The van der Waals surface area contributed by atoms with Crippen molar-refractivity contribution in [3.8, 4) is 0 Å². The van der Waals surface area contributed by atoms with Crippen molar-refractivity contribution < 1.29 is 4.42 Å².